The average molecular weight is 372 g/mol. The second-order valence-corrected chi connectivity index (χ2v) is 7.46. The summed E-state index contributed by atoms with van der Waals surface area (Å²) in [4.78, 5) is 14.3. The van der Waals surface area contributed by atoms with Crippen LogP contribution in [0.3, 0.4) is 0 Å². The van der Waals surface area contributed by atoms with Gasteiger partial charge in [0.2, 0.25) is 5.91 Å². The largest absolute Gasteiger partial charge is 0.331 e. The second-order valence-electron chi connectivity index (χ2n) is 7.03. The lowest BCUT2D eigenvalue weighted by Crippen LogP contribution is -2.65. The maximum Gasteiger partial charge on any atom is 0.222 e. The maximum absolute atomic E-state index is 12.2. The topological polar surface area (TPSA) is 20.3 Å². The first-order valence-corrected chi connectivity index (χ1v) is 9.44. The highest BCUT2D eigenvalue weighted by Gasteiger charge is 2.43. The van der Waals surface area contributed by atoms with Gasteiger partial charge in [0.1, 0.15) is 18.8 Å². The number of hydrogen-bond acceptors (Lipinski definition) is 1. The van der Waals surface area contributed by atoms with E-state index in [9.17, 15) is 4.79 Å². The highest BCUT2D eigenvalue weighted by molar-refractivity contribution is 6.30. The molecule has 0 radical (unpaired) electrons. The van der Waals surface area contributed by atoms with Crippen molar-refractivity contribution in [2.24, 2.45) is 0 Å². The molecule has 0 atom stereocenters. The molecule has 1 aliphatic carbocycles. The number of carbonyl (C=O) groups is 1. The van der Waals surface area contributed by atoms with Crippen molar-refractivity contribution in [1.29, 1.82) is 0 Å². The number of piperazine rings is 1. The molecule has 1 aromatic rings. The van der Waals surface area contributed by atoms with Gasteiger partial charge in [-0.05, 0) is 44.2 Å². The van der Waals surface area contributed by atoms with E-state index in [0.717, 1.165) is 42.1 Å². The highest BCUT2D eigenvalue weighted by Crippen LogP contribution is 2.37. The molecule has 2 fully saturated rings. The summed E-state index contributed by atoms with van der Waals surface area (Å²) in [7, 11) is 0. The Bertz CT molecular complexity index is 533. The Balaban J connectivity index is 0.00000208. The molecule has 0 unspecified atom stereocenters. The van der Waals surface area contributed by atoms with Crippen LogP contribution in [0.1, 0.15) is 45.4 Å². The van der Waals surface area contributed by atoms with Crippen molar-refractivity contribution in [1.82, 2.24) is 9.38 Å². The van der Waals surface area contributed by atoms with E-state index in [1.165, 1.54) is 31.4 Å². The van der Waals surface area contributed by atoms with Crippen LogP contribution in [-0.4, -0.2) is 43.0 Å². The Morgan fingerprint density at radius 3 is 2.29 bits per heavy atom. The summed E-state index contributed by atoms with van der Waals surface area (Å²) in [5.41, 5.74) is 1.38. The minimum absolute atomic E-state index is 0. The zero-order valence-electron chi connectivity index (χ0n) is 14.5. The number of quaternary nitrogens is 1. The Morgan fingerprint density at radius 2 is 1.75 bits per heavy atom. The molecule has 3 nitrogen and oxygen atoms in total. The quantitative estimate of drug-likeness (QED) is 0.705. The van der Waals surface area contributed by atoms with Crippen molar-refractivity contribution in [3.63, 3.8) is 0 Å². The molecule has 24 heavy (non-hydrogen) atoms. The lowest BCUT2D eigenvalue weighted by molar-refractivity contribution is -0.133. The molecule has 134 valence electrons. The van der Waals surface area contributed by atoms with Crippen LogP contribution >= 0.6 is 24.0 Å². The van der Waals surface area contributed by atoms with Gasteiger partial charge in [0.15, 0.2) is 0 Å². The van der Waals surface area contributed by atoms with Gasteiger partial charge in [-0.1, -0.05) is 18.5 Å². The number of carbonyl (C=O) groups excluding carboxylic acids is 1. The summed E-state index contributed by atoms with van der Waals surface area (Å²) in [6, 6.07) is 9.13. The van der Waals surface area contributed by atoms with E-state index < -0.39 is 0 Å². The minimum atomic E-state index is 0. The van der Waals surface area contributed by atoms with Crippen molar-refractivity contribution >= 4 is 35.6 Å². The van der Waals surface area contributed by atoms with Crippen LogP contribution in [0.25, 0.3) is 0 Å². The van der Waals surface area contributed by atoms with Gasteiger partial charge >= 0.3 is 0 Å². The molecule has 0 spiro atoms. The number of nitrogens with zero attached hydrogens (tertiary/aromatic N) is 2. The summed E-state index contributed by atoms with van der Waals surface area (Å²) in [5, 5.41) is 0.801. The van der Waals surface area contributed by atoms with Gasteiger partial charge in [0.25, 0.3) is 0 Å². The molecule has 5 heteroatoms. The van der Waals surface area contributed by atoms with Gasteiger partial charge in [0, 0.05) is 23.6 Å². The molecule has 0 N–H and O–H groups in total. The van der Waals surface area contributed by atoms with Crippen LogP contribution in [0.2, 0.25) is 5.02 Å². The third kappa shape index (κ3) is 3.89. The Hall–Kier alpha value is -0.770. The fourth-order valence-corrected chi connectivity index (χ4v) is 4.54. The van der Waals surface area contributed by atoms with Crippen molar-refractivity contribution in [3.05, 3.63) is 29.3 Å². The van der Waals surface area contributed by atoms with Gasteiger partial charge < -0.3 is 4.90 Å². The highest BCUT2D eigenvalue weighted by atomic mass is 35.5. The second kappa shape index (κ2) is 8.55. The lowest BCUT2D eigenvalue weighted by atomic mass is 10.0. The predicted octanol–water partition coefficient (Wildman–Crippen LogP) is 4.65. The fourth-order valence-electron chi connectivity index (χ4n) is 4.41. The summed E-state index contributed by atoms with van der Waals surface area (Å²) >= 11 is 6.10. The molecule has 1 saturated heterocycles. The van der Waals surface area contributed by atoms with Crippen LogP contribution < -0.4 is 4.48 Å². The number of hydrogen-bond donors (Lipinski definition) is 0. The van der Waals surface area contributed by atoms with E-state index in [0.29, 0.717) is 18.4 Å². The minimum Gasteiger partial charge on any atom is -0.331 e. The van der Waals surface area contributed by atoms with E-state index in [2.05, 4.69) is 24.0 Å². The summed E-state index contributed by atoms with van der Waals surface area (Å²) in [5.74, 6) is 0.327. The van der Waals surface area contributed by atoms with Crippen LogP contribution in [0, 0.1) is 0 Å². The summed E-state index contributed by atoms with van der Waals surface area (Å²) < 4.78 is 1.05. The zero-order valence-corrected chi connectivity index (χ0v) is 16.1. The SMILES string of the molecule is CCCC(=O)N1CC[N+](c2ccc(Cl)cc2)(C2CCCC2)CC1.Cl. The van der Waals surface area contributed by atoms with Gasteiger partial charge in [0.05, 0.1) is 19.1 Å². The van der Waals surface area contributed by atoms with Crippen molar-refractivity contribution in [3.8, 4) is 0 Å². The smallest absolute Gasteiger partial charge is 0.222 e. The van der Waals surface area contributed by atoms with Crippen LogP contribution in [0.5, 0.6) is 0 Å². The molecule has 3 rings (SSSR count). The molecular weight excluding hydrogens is 343 g/mol. The molecule has 1 aliphatic heterocycles. The standard InChI is InChI=1S/C19H28ClN2O.ClH/c1-2-5-19(23)21-12-14-22(15-13-21,17-6-3-4-7-17)18-10-8-16(20)9-11-18;/h8-11,17H,2-7,12-15H2,1H3;1H/q+1;. The van der Waals surface area contributed by atoms with Crippen molar-refractivity contribution in [2.45, 2.75) is 51.5 Å². The van der Waals surface area contributed by atoms with Gasteiger partial charge in [-0.2, -0.15) is 0 Å². The Labute approximate surface area is 157 Å². The molecular formula is C19H29Cl2N2O+. The van der Waals surface area contributed by atoms with Crippen LogP contribution in [-0.2, 0) is 4.79 Å². The molecule has 1 heterocycles. The summed E-state index contributed by atoms with van der Waals surface area (Å²) in [6.07, 6.45) is 6.93. The van der Waals surface area contributed by atoms with Crippen LogP contribution in [0.15, 0.2) is 24.3 Å². The third-order valence-corrected chi connectivity index (χ3v) is 5.97. The van der Waals surface area contributed by atoms with E-state index in [-0.39, 0.29) is 12.4 Å². The van der Waals surface area contributed by atoms with E-state index in [1.54, 1.807) is 0 Å². The first-order chi connectivity index (χ1) is 11.2. The average Bonchev–Trinajstić information content (AvgIpc) is 3.11. The Morgan fingerprint density at radius 1 is 1.17 bits per heavy atom. The maximum atomic E-state index is 12.2. The number of benzene rings is 1. The Kier molecular flexibility index (Phi) is 6.97. The first kappa shape index (κ1) is 19.6. The van der Waals surface area contributed by atoms with E-state index in [1.807, 2.05) is 12.1 Å². The van der Waals surface area contributed by atoms with Gasteiger partial charge in [-0.15, -0.1) is 12.4 Å². The predicted molar refractivity (Wildman–Crippen MR) is 104 cm³/mol. The number of halogens is 2. The molecule has 2 aliphatic rings. The first-order valence-electron chi connectivity index (χ1n) is 9.06. The normalized spacial score (nSPS) is 20.7. The lowest BCUT2D eigenvalue weighted by Gasteiger charge is -2.48. The van der Waals surface area contributed by atoms with Crippen molar-refractivity contribution in [2.75, 3.05) is 26.2 Å². The molecule has 1 aromatic carbocycles. The molecule has 0 bridgehead atoms. The van der Waals surface area contributed by atoms with E-state index >= 15 is 0 Å². The number of rotatable bonds is 4. The van der Waals surface area contributed by atoms with Gasteiger partial charge in [-0.25, -0.2) is 0 Å². The van der Waals surface area contributed by atoms with Crippen molar-refractivity contribution < 1.29 is 4.79 Å². The molecule has 1 saturated carbocycles. The van der Waals surface area contributed by atoms with Gasteiger partial charge in [-0.3, -0.25) is 9.28 Å². The molecule has 1 amide bonds. The number of amides is 1. The van der Waals surface area contributed by atoms with Crippen LogP contribution in [0.4, 0.5) is 5.69 Å². The monoisotopic (exact) mass is 371 g/mol. The zero-order chi connectivity index (χ0) is 16.3. The summed E-state index contributed by atoms with van der Waals surface area (Å²) in [6.45, 7) is 5.94. The molecule has 0 aromatic heterocycles. The van der Waals surface area contributed by atoms with E-state index in [4.69, 9.17) is 11.6 Å². The fraction of sp³-hybridized carbons (Fsp3) is 0.632. The third-order valence-electron chi connectivity index (χ3n) is 5.72.